The summed E-state index contributed by atoms with van der Waals surface area (Å²) in [5, 5.41) is 3.19. The number of thiophene rings is 1. The topological polar surface area (TPSA) is 38.0 Å². The van der Waals surface area contributed by atoms with Crippen molar-refractivity contribution in [2.75, 3.05) is 11.9 Å². The van der Waals surface area contributed by atoms with Crippen molar-refractivity contribution in [3.8, 4) is 0 Å². The van der Waals surface area contributed by atoms with Gasteiger partial charge < -0.3 is 11.1 Å². The lowest BCUT2D eigenvalue weighted by atomic mass is 9.95. The highest BCUT2D eigenvalue weighted by Gasteiger charge is 2.19. The molecule has 2 aromatic rings. The molecule has 108 valence electrons. The molecule has 0 saturated carbocycles. The summed E-state index contributed by atoms with van der Waals surface area (Å²) in [6, 6.07) is 10.8. The van der Waals surface area contributed by atoms with Crippen LogP contribution in [-0.2, 0) is 5.41 Å². The molecule has 1 heterocycles. The standard InChI is InChI=1S/C16H21FN2S/c1-16(2,3)15-9-8-14(20-15)13(10-18)19-12-7-5-4-6-11(12)17/h4-9,13,19H,10,18H2,1-3H3. The van der Waals surface area contributed by atoms with E-state index in [9.17, 15) is 4.39 Å². The molecule has 1 aromatic carbocycles. The second kappa shape index (κ2) is 5.94. The molecule has 0 fully saturated rings. The van der Waals surface area contributed by atoms with E-state index in [2.05, 4.69) is 38.2 Å². The Balaban J connectivity index is 2.21. The van der Waals surface area contributed by atoms with Crippen LogP contribution in [0.4, 0.5) is 10.1 Å². The normalized spacial score (nSPS) is 13.2. The number of benzene rings is 1. The second-order valence-electron chi connectivity index (χ2n) is 5.86. The van der Waals surface area contributed by atoms with Gasteiger partial charge in [0.2, 0.25) is 0 Å². The Morgan fingerprint density at radius 2 is 1.90 bits per heavy atom. The average molecular weight is 292 g/mol. The number of nitrogens with two attached hydrogens (primary N) is 1. The molecule has 0 saturated heterocycles. The Bertz CT molecular complexity index is 572. The van der Waals surface area contributed by atoms with Gasteiger partial charge in [-0.15, -0.1) is 11.3 Å². The van der Waals surface area contributed by atoms with E-state index in [1.165, 1.54) is 10.9 Å². The van der Waals surface area contributed by atoms with Crippen LogP contribution in [0.25, 0.3) is 0 Å². The summed E-state index contributed by atoms with van der Waals surface area (Å²) in [5.41, 5.74) is 6.46. The third-order valence-electron chi connectivity index (χ3n) is 3.15. The molecule has 1 atom stereocenters. The van der Waals surface area contributed by atoms with E-state index in [0.717, 1.165) is 4.88 Å². The van der Waals surface area contributed by atoms with Gasteiger partial charge in [-0.05, 0) is 29.7 Å². The first kappa shape index (κ1) is 15.0. The van der Waals surface area contributed by atoms with Gasteiger partial charge >= 0.3 is 0 Å². The van der Waals surface area contributed by atoms with E-state index in [0.29, 0.717) is 12.2 Å². The molecule has 1 aromatic heterocycles. The van der Waals surface area contributed by atoms with Crippen LogP contribution in [0.5, 0.6) is 0 Å². The molecule has 0 aliphatic heterocycles. The van der Waals surface area contributed by atoms with Crippen LogP contribution >= 0.6 is 11.3 Å². The molecular weight excluding hydrogens is 271 g/mol. The van der Waals surface area contributed by atoms with Gasteiger partial charge in [-0.1, -0.05) is 32.9 Å². The zero-order valence-corrected chi connectivity index (χ0v) is 12.9. The Morgan fingerprint density at radius 3 is 2.45 bits per heavy atom. The minimum Gasteiger partial charge on any atom is -0.374 e. The maximum Gasteiger partial charge on any atom is 0.146 e. The number of hydrogen-bond acceptors (Lipinski definition) is 3. The minimum absolute atomic E-state index is 0.0620. The Labute approximate surface area is 123 Å². The zero-order valence-electron chi connectivity index (χ0n) is 12.1. The maximum absolute atomic E-state index is 13.7. The molecule has 3 N–H and O–H groups in total. The number of hydrogen-bond donors (Lipinski definition) is 2. The molecule has 2 nitrogen and oxygen atoms in total. The third-order valence-corrected chi connectivity index (χ3v) is 4.77. The molecule has 0 radical (unpaired) electrons. The van der Waals surface area contributed by atoms with Crippen molar-refractivity contribution in [3.63, 3.8) is 0 Å². The number of rotatable bonds is 4. The van der Waals surface area contributed by atoms with Gasteiger partial charge in [0.05, 0.1) is 11.7 Å². The van der Waals surface area contributed by atoms with Crippen LogP contribution in [0, 0.1) is 5.82 Å². The summed E-state index contributed by atoms with van der Waals surface area (Å²) < 4.78 is 13.7. The number of anilines is 1. The Morgan fingerprint density at radius 1 is 1.20 bits per heavy atom. The highest BCUT2D eigenvalue weighted by molar-refractivity contribution is 7.12. The van der Waals surface area contributed by atoms with E-state index in [4.69, 9.17) is 5.73 Å². The van der Waals surface area contributed by atoms with Crippen LogP contribution in [0.2, 0.25) is 0 Å². The first-order valence-electron chi connectivity index (χ1n) is 6.73. The lowest BCUT2D eigenvalue weighted by molar-refractivity contribution is 0.604. The van der Waals surface area contributed by atoms with Crippen molar-refractivity contribution < 1.29 is 4.39 Å². The monoisotopic (exact) mass is 292 g/mol. The molecule has 0 amide bonds. The number of halogens is 1. The highest BCUT2D eigenvalue weighted by Crippen LogP contribution is 2.33. The summed E-state index contributed by atoms with van der Waals surface area (Å²) in [7, 11) is 0. The first-order valence-corrected chi connectivity index (χ1v) is 7.55. The summed E-state index contributed by atoms with van der Waals surface area (Å²) in [5.74, 6) is -0.251. The van der Waals surface area contributed by atoms with Crippen LogP contribution < -0.4 is 11.1 Å². The van der Waals surface area contributed by atoms with Gasteiger partial charge in [0.25, 0.3) is 0 Å². The molecule has 2 rings (SSSR count). The summed E-state index contributed by atoms with van der Waals surface area (Å²) in [6.07, 6.45) is 0. The number of nitrogens with one attached hydrogen (secondary N) is 1. The quantitative estimate of drug-likeness (QED) is 0.882. The summed E-state index contributed by atoms with van der Waals surface area (Å²) in [6.45, 7) is 6.98. The van der Waals surface area contributed by atoms with Crippen molar-refractivity contribution in [1.82, 2.24) is 0 Å². The fourth-order valence-electron chi connectivity index (χ4n) is 1.96. The SMILES string of the molecule is CC(C)(C)c1ccc(C(CN)Nc2ccccc2F)s1. The largest absolute Gasteiger partial charge is 0.374 e. The highest BCUT2D eigenvalue weighted by atomic mass is 32.1. The first-order chi connectivity index (χ1) is 9.41. The molecule has 20 heavy (non-hydrogen) atoms. The predicted octanol–water partition coefficient (Wildman–Crippen LogP) is 4.30. The van der Waals surface area contributed by atoms with Crippen LogP contribution in [0.15, 0.2) is 36.4 Å². The summed E-state index contributed by atoms with van der Waals surface area (Å²) in [4.78, 5) is 2.45. The van der Waals surface area contributed by atoms with E-state index in [1.54, 1.807) is 23.5 Å². The second-order valence-corrected chi connectivity index (χ2v) is 6.98. The van der Waals surface area contributed by atoms with Gasteiger partial charge in [-0.3, -0.25) is 0 Å². The lowest BCUT2D eigenvalue weighted by Gasteiger charge is -2.18. The third kappa shape index (κ3) is 3.38. The van der Waals surface area contributed by atoms with Crippen molar-refractivity contribution in [1.29, 1.82) is 0 Å². The van der Waals surface area contributed by atoms with E-state index < -0.39 is 0 Å². The molecule has 0 aliphatic carbocycles. The fraction of sp³-hybridized carbons (Fsp3) is 0.375. The van der Waals surface area contributed by atoms with E-state index >= 15 is 0 Å². The van der Waals surface area contributed by atoms with Gasteiger partial charge in [-0.25, -0.2) is 4.39 Å². The molecule has 0 bridgehead atoms. The van der Waals surface area contributed by atoms with Gasteiger partial charge in [0, 0.05) is 16.3 Å². The Hall–Kier alpha value is -1.39. The lowest BCUT2D eigenvalue weighted by Crippen LogP contribution is -2.20. The fourth-order valence-corrected chi connectivity index (χ4v) is 3.09. The summed E-state index contributed by atoms with van der Waals surface area (Å²) >= 11 is 1.73. The van der Waals surface area contributed by atoms with Crippen LogP contribution in [0.3, 0.4) is 0 Å². The van der Waals surface area contributed by atoms with Gasteiger partial charge in [0.1, 0.15) is 5.82 Å². The average Bonchev–Trinajstić information content (AvgIpc) is 2.87. The molecule has 4 heteroatoms. The van der Waals surface area contributed by atoms with Crippen molar-refractivity contribution in [2.24, 2.45) is 5.73 Å². The maximum atomic E-state index is 13.7. The molecular formula is C16H21FN2S. The molecule has 0 spiro atoms. The molecule has 1 unspecified atom stereocenters. The van der Waals surface area contributed by atoms with Crippen molar-refractivity contribution >= 4 is 17.0 Å². The van der Waals surface area contributed by atoms with E-state index in [-0.39, 0.29) is 17.3 Å². The Kier molecular flexibility index (Phi) is 4.45. The van der Waals surface area contributed by atoms with Crippen molar-refractivity contribution in [3.05, 3.63) is 52.0 Å². The molecule has 0 aliphatic rings. The van der Waals surface area contributed by atoms with E-state index in [1.807, 2.05) is 6.07 Å². The zero-order chi connectivity index (χ0) is 14.8. The van der Waals surface area contributed by atoms with Crippen LogP contribution in [0.1, 0.15) is 36.6 Å². The smallest absolute Gasteiger partial charge is 0.146 e. The number of para-hydroxylation sites is 1. The predicted molar refractivity (Wildman–Crippen MR) is 84.8 cm³/mol. The van der Waals surface area contributed by atoms with Gasteiger partial charge in [-0.2, -0.15) is 0 Å². The minimum atomic E-state index is -0.251. The van der Waals surface area contributed by atoms with Gasteiger partial charge in [0.15, 0.2) is 0 Å². The van der Waals surface area contributed by atoms with Crippen molar-refractivity contribution in [2.45, 2.75) is 32.2 Å². The van der Waals surface area contributed by atoms with Crippen LogP contribution in [-0.4, -0.2) is 6.54 Å².